The van der Waals surface area contributed by atoms with Gasteiger partial charge in [-0.1, -0.05) is 11.3 Å². The fourth-order valence-electron chi connectivity index (χ4n) is 1.40. The molecule has 0 unspecified atom stereocenters. The summed E-state index contributed by atoms with van der Waals surface area (Å²) in [6.45, 7) is 4.01. The molecular weight excluding hydrogens is 228 g/mol. The van der Waals surface area contributed by atoms with Gasteiger partial charge in [-0.15, -0.1) is 21.5 Å². The molecule has 3 heterocycles. The minimum Gasteiger partial charge on any atom is -0.187 e. The van der Waals surface area contributed by atoms with E-state index in [1.54, 1.807) is 27.2 Å². The number of aromatic nitrogens is 4. The van der Waals surface area contributed by atoms with Crippen molar-refractivity contribution in [3.8, 4) is 9.88 Å². The summed E-state index contributed by atoms with van der Waals surface area (Å²) in [5.41, 5.74) is 1.27. The van der Waals surface area contributed by atoms with Crippen LogP contribution in [0.25, 0.3) is 14.8 Å². The molecule has 0 amide bonds. The summed E-state index contributed by atoms with van der Waals surface area (Å²) in [7, 11) is 0. The molecule has 3 rings (SSSR count). The molecule has 4 nitrogen and oxygen atoms in total. The average molecular weight is 236 g/mol. The number of rotatable bonds is 1. The summed E-state index contributed by atoms with van der Waals surface area (Å²) in [6.07, 6.45) is 0. The van der Waals surface area contributed by atoms with E-state index in [2.05, 4.69) is 33.7 Å². The highest BCUT2D eigenvalue weighted by atomic mass is 32.1. The SMILES string of the molecule is Cc1ccsc1-c1nn2c(C)nnc2s1. The zero-order chi connectivity index (χ0) is 10.4. The highest BCUT2D eigenvalue weighted by molar-refractivity contribution is 7.23. The molecule has 0 aliphatic carbocycles. The van der Waals surface area contributed by atoms with Gasteiger partial charge in [-0.05, 0) is 30.9 Å². The molecule has 6 heteroatoms. The Morgan fingerprint density at radius 3 is 2.80 bits per heavy atom. The highest BCUT2D eigenvalue weighted by Gasteiger charge is 2.12. The van der Waals surface area contributed by atoms with Gasteiger partial charge in [0, 0.05) is 0 Å². The summed E-state index contributed by atoms with van der Waals surface area (Å²) in [5.74, 6) is 0.835. The topological polar surface area (TPSA) is 43.1 Å². The fourth-order valence-corrected chi connectivity index (χ4v) is 3.36. The van der Waals surface area contributed by atoms with E-state index in [1.165, 1.54) is 10.4 Å². The second-order valence-corrected chi connectivity index (χ2v) is 5.15. The van der Waals surface area contributed by atoms with Crippen molar-refractivity contribution < 1.29 is 0 Å². The number of hydrogen-bond acceptors (Lipinski definition) is 5. The Labute approximate surface area is 94.2 Å². The minimum absolute atomic E-state index is 0.835. The van der Waals surface area contributed by atoms with Gasteiger partial charge in [0.1, 0.15) is 0 Å². The van der Waals surface area contributed by atoms with Crippen molar-refractivity contribution in [3.05, 3.63) is 22.8 Å². The molecule has 76 valence electrons. The van der Waals surface area contributed by atoms with E-state index >= 15 is 0 Å². The van der Waals surface area contributed by atoms with Crippen LogP contribution >= 0.6 is 22.7 Å². The van der Waals surface area contributed by atoms with Crippen LogP contribution in [0.2, 0.25) is 0 Å². The van der Waals surface area contributed by atoms with Crippen molar-refractivity contribution in [1.82, 2.24) is 19.8 Å². The number of nitrogens with zero attached hydrogens (tertiary/aromatic N) is 4. The van der Waals surface area contributed by atoms with E-state index in [4.69, 9.17) is 0 Å². The van der Waals surface area contributed by atoms with Gasteiger partial charge >= 0.3 is 0 Å². The van der Waals surface area contributed by atoms with Gasteiger partial charge in [-0.2, -0.15) is 9.61 Å². The van der Waals surface area contributed by atoms with Crippen LogP contribution in [0.4, 0.5) is 0 Å². The van der Waals surface area contributed by atoms with Crippen LogP contribution in [0.1, 0.15) is 11.4 Å². The van der Waals surface area contributed by atoms with Crippen molar-refractivity contribution in [3.63, 3.8) is 0 Å². The van der Waals surface area contributed by atoms with Crippen LogP contribution in [0.5, 0.6) is 0 Å². The molecule has 0 saturated heterocycles. The number of aryl methyl sites for hydroxylation is 2. The first kappa shape index (κ1) is 8.99. The van der Waals surface area contributed by atoms with Gasteiger partial charge in [-0.3, -0.25) is 0 Å². The molecule has 0 aromatic carbocycles. The fraction of sp³-hybridized carbons (Fsp3) is 0.222. The van der Waals surface area contributed by atoms with E-state index < -0.39 is 0 Å². The highest BCUT2D eigenvalue weighted by Crippen LogP contribution is 2.32. The quantitative estimate of drug-likeness (QED) is 0.652. The molecule has 0 fully saturated rings. The smallest absolute Gasteiger partial charge is 0.187 e. The van der Waals surface area contributed by atoms with Gasteiger partial charge in [0.15, 0.2) is 10.8 Å². The molecule has 0 bridgehead atoms. The van der Waals surface area contributed by atoms with Crippen molar-refractivity contribution in [2.75, 3.05) is 0 Å². The van der Waals surface area contributed by atoms with Gasteiger partial charge in [-0.25, -0.2) is 0 Å². The average Bonchev–Trinajstić information content (AvgIpc) is 2.84. The third-order valence-electron chi connectivity index (χ3n) is 2.20. The zero-order valence-corrected chi connectivity index (χ0v) is 9.89. The second-order valence-electron chi connectivity index (χ2n) is 3.28. The Kier molecular flexibility index (Phi) is 1.86. The monoisotopic (exact) mass is 236 g/mol. The third-order valence-corrected chi connectivity index (χ3v) is 4.27. The molecule has 0 atom stereocenters. The maximum Gasteiger partial charge on any atom is 0.234 e. The van der Waals surface area contributed by atoms with Gasteiger partial charge < -0.3 is 0 Å². The van der Waals surface area contributed by atoms with Crippen LogP contribution in [0.3, 0.4) is 0 Å². The Morgan fingerprint density at radius 1 is 1.27 bits per heavy atom. The summed E-state index contributed by atoms with van der Waals surface area (Å²) in [5, 5.41) is 15.6. The number of fused-ring (bicyclic) bond motifs is 1. The zero-order valence-electron chi connectivity index (χ0n) is 8.26. The largest absolute Gasteiger partial charge is 0.234 e. The van der Waals surface area contributed by atoms with Gasteiger partial charge in [0.05, 0.1) is 4.88 Å². The molecule has 0 aliphatic rings. The summed E-state index contributed by atoms with van der Waals surface area (Å²) in [4.78, 5) is 2.08. The van der Waals surface area contributed by atoms with E-state index in [1.807, 2.05) is 6.92 Å². The van der Waals surface area contributed by atoms with Crippen LogP contribution < -0.4 is 0 Å². The minimum atomic E-state index is 0.835. The Hall–Kier alpha value is -1.27. The van der Waals surface area contributed by atoms with Crippen molar-refractivity contribution >= 4 is 27.6 Å². The first-order chi connectivity index (χ1) is 7.25. The van der Waals surface area contributed by atoms with E-state index in [-0.39, 0.29) is 0 Å². The normalized spacial score (nSPS) is 11.3. The molecule has 3 aromatic heterocycles. The molecule has 0 aliphatic heterocycles. The van der Waals surface area contributed by atoms with E-state index in [9.17, 15) is 0 Å². The molecule has 0 N–H and O–H groups in total. The lowest BCUT2D eigenvalue weighted by molar-refractivity contribution is 0.898. The van der Waals surface area contributed by atoms with Crippen LogP contribution in [-0.4, -0.2) is 19.8 Å². The summed E-state index contributed by atoms with van der Waals surface area (Å²) < 4.78 is 1.79. The van der Waals surface area contributed by atoms with Gasteiger partial charge in [0.2, 0.25) is 4.96 Å². The lowest BCUT2D eigenvalue weighted by atomic mass is 10.3. The van der Waals surface area contributed by atoms with Crippen molar-refractivity contribution in [2.45, 2.75) is 13.8 Å². The first-order valence-electron chi connectivity index (χ1n) is 4.49. The van der Waals surface area contributed by atoms with Crippen molar-refractivity contribution in [1.29, 1.82) is 0 Å². The lowest BCUT2D eigenvalue weighted by Gasteiger charge is -1.90. The molecular formula is C9H8N4S2. The van der Waals surface area contributed by atoms with Crippen LogP contribution in [-0.2, 0) is 0 Å². The lowest BCUT2D eigenvalue weighted by Crippen LogP contribution is -1.88. The van der Waals surface area contributed by atoms with Crippen LogP contribution in [0, 0.1) is 13.8 Å². The predicted molar refractivity (Wildman–Crippen MR) is 61.4 cm³/mol. The first-order valence-corrected chi connectivity index (χ1v) is 6.18. The maximum absolute atomic E-state index is 4.50. The third kappa shape index (κ3) is 1.29. The molecule has 0 radical (unpaired) electrons. The Balaban J connectivity index is 2.24. The van der Waals surface area contributed by atoms with Crippen molar-refractivity contribution in [2.24, 2.45) is 0 Å². The van der Waals surface area contributed by atoms with E-state index in [0.29, 0.717) is 0 Å². The Bertz CT molecular complexity index is 619. The number of thiophene rings is 1. The standard InChI is InChI=1S/C9H8N4S2/c1-5-3-4-14-7(5)8-12-13-6(2)10-11-9(13)15-8/h3-4H,1-2H3. The molecule has 0 spiro atoms. The van der Waals surface area contributed by atoms with Crippen LogP contribution in [0.15, 0.2) is 11.4 Å². The molecule has 0 saturated carbocycles. The second kappa shape index (κ2) is 3.11. The van der Waals surface area contributed by atoms with Gasteiger partial charge in [0.25, 0.3) is 0 Å². The summed E-state index contributed by atoms with van der Waals surface area (Å²) >= 11 is 3.29. The molecule has 3 aromatic rings. The predicted octanol–water partition coefficient (Wildman–Crippen LogP) is 2.53. The molecule has 15 heavy (non-hydrogen) atoms. The maximum atomic E-state index is 4.50. The Morgan fingerprint density at radius 2 is 2.13 bits per heavy atom. The summed E-state index contributed by atoms with van der Waals surface area (Å²) in [6, 6.07) is 2.11. The van der Waals surface area contributed by atoms with E-state index in [0.717, 1.165) is 15.8 Å². The number of hydrogen-bond donors (Lipinski definition) is 0.